The van der Waals surface area contributed by atoms with Crippen LogP contribution in [-0.2, 0) is 6.42 Å². The van der Waals surface area contributed by atoms with E-state index in [4.69, 9.17) is 4.42 Å². The van der Waals surface area contributed by atoms with Crippen molar-refractivity contribution in [1.29, 1.82) is 0 Å². The van der Waals surface area contributed by atoms with Crippen molar-refractivity contribution in [2.24, 2.45) is 4.99 Å². The first-order valence-electron chi connectivity index (χ1n) is 9.39. The Hall–Kier alpha value is -1.86. The predicted molar refractivity (Wildman–Crippen MR) is 107 cm³/mol. The summed E-state index contributed by atoms with van der Waals surface area (Å²) >= 11 is 1.70. The summed E-state index contributed by atoms with van der Waals surface area (Å²) in [6.45, 7) is 5.89. The summed E-state index contributed by atoms with van der Waals surface area (Å²) in [6.07, 6.45) is 6.51. The lowest BCUT2D eigenvalue weighted by Crippen LogP contribution is -2.44. The third-order valence-corrected chi connectivity index (χ3v) is 5.55. The monoisotopic (exact) mass is 375 g/mol. The van der Waals surface area contributed by atoms with Gasteiger partial charge >= 0.3 is 0 Å². The molecular formula is C19H29N5OS. The highest BCUT2D eigenvalue weighted by Gasteiger charge is 2.24. The van der Waals surface area contributed by atoms with Gasteiger partial charge in [0.15, 0.2) is 5.96 Å². The summed E-state index contributed by atoms with van der Waals surface area (Å²) in [5, 5.41) is 10.1. The standard InChI is InChI=1S/C19H29N5OS/c1-15-23-16(14-26-15)8-9-21-19(20-2)22-13-17(18-7-6-12-25-18)24-10-4-3-5-11-24/h6-7,12,14,17H,3-5,8-11,13H2,1-2H3,(H2,20,21,22). The highest BCUT2D eigenvalue weighted by Crippen LogP contribution is 2.24. The molecule has 1 fully saturated rings. The van der Waals surface area contributed by atoms with Crippen molar-refractivity contribution in [2.75, 3.05) is 33.2 Å². The average molecular weight is 376 g/mol. The number of aromatic nitrogens is 1. The Morgan fingerprint density at radius 3 is 2.85 bits per heavy atom. The molecule has 1 aliphatic rings. The predicted octanol–water partition coefficient (Wildman–Crippen LogP) is 2.98. The molecule has 0 radical (unpaired) electrons. The number of hydrogen-bond donors (Lipinski definition) is 2. The van der Waals surface area contributed by atoms with Crippen LogP contribution >= 0.6 is 11.3 Å². The second kappa shape index (κ2) is 9.73. The van der Waals surface area contributed by atoms with Crippen molar-refractivity contribution >= 4 is 17.3 Å². The van der Waals surface area contributed by atoms with Crippen LogP contribution in [0.5, 0.6) is 0 Å². The van der Waals surface area contributed by atoms with Crippen LogP contribution in [0.25, 0.3) is 0 Å². The number of aryl methyl sites for hydroxylation is 1. The van der Waals surface area contributed by atoms with Crippen LogP contribution in [-0.4, -0.2) is 49.1 Å². The maximum atomic E-state index is 5.71. The van der Waals surface area contributed by atoms with Crippen LogP contribution in [0.1, 0.15) is 41.8 Å². The average Bonchev–Trinajstić information content (AvgIpc) is 3.33. The fourth-order valence-electron chi connectivity index (χ4n) is 3.37. The van der Waals surface area contributed by atoms with Gasteiger partial charge in [-0.1, -0.05) is 6.42 Å². The molecule has 26 heavy (non-hydrogen) atoms. The number of nitrogens with zero attached hydrogens (tertiary/aromatic N) is 3. The second-order valence-electron chi connectivity index (χ2n) is 6.62. The van der Waals surface area contributed by atoms with E-state index in [0.717, 1.165) is 55.0 Å². The summed E-state index contributed by atoms with van der Waals surface area (Å²) in [4.78, 5) is 11.4. The topological polar surface area (TPSA) is 65.7 Å². The van der Waals surface area contributed by atoms with E-state index in [2.05, 4.69) is 37.0 Å². The zero-order valence-electron chi connectivity index (χ0n) is 15.7. The normalized spacial score (nSPS) is 17.2. The maximum absolute atomic E-state index is 5.71. The number of hydrogen-bond acceptors (Lipinski definition) is 5. The molecule has 1 aliphatic heterocycles. The van der Waals surface area contributed by atoms with E-state index in [1.165, 1.54) is 19.3 Å². The van der Waals surface area contributed by atoms with Gasteiger partial charge in [-0.2, -0.15) is 0 Å². The number of likely N-dealkylation sites (tertiary alicyclic amines) is 1. The van der Waals surface area contributed by atoms with Crippen molar-refractivity contribution in [3.05, 3.63) is 40.2 Å². The molecule has 2 aromatic heterocycles. The molecule has 7 heteroatoms. The quantitative estimate of drug-likeness (QED) is 0.575. The van der Waals surface area contributed by atoms with Gasteiger partial charge in [0.2, 0.25) is 0 Å². The first-order valence-corrected chi connectivity index (χ1v) is 10.3. The van der Waals surface area contributed by atoms with Gasteiger partial charge in [0.05, 0.1) is 23.0 Å². The van der Waals surface area contributed by atoms with Gasteiger partial charge in [-0.05, 0) is 45.0 Å². The lowest BCUT2D eigenvalue weighted by Gasteiger charge is -2.33. The van der Waals surface area contributed by atoms with Crippen molar-refractivity contribution in [2.45, 2.75) is 38.6 Å². The van der Waals surface area contributed by atoms with Crippen LogP contribution in [0.3, 0.4) is 0 Å². The highest BCUT2D eigenvalue weighted by molar-refractivity contribution is 7.09. The van der Waals surface area contributed by atoms with Gasteiger partial charge in [0.1, 0.15) is 5.76 Å². The largest absolute Gasteiger partial charge is 0.468 e. The Balaban J connectivity index is 1.51. The van der Waals surface area contributed by atoms with Crippen LogP contribution in [0.15, 0.2) is 33.2 Å². The molecule has 0 aliphatic carbocycles. The number of rotatable bonds is 7. The Bertz CT molecular complexity index is 676. The van der Waals surface area contributed by atoms with Gasteiger partial charge in [0.25, 0.3) is 0 Å². The Morgan fingerprint density at radius 2 is 2.19 bits per heavy atom. The van der Waals surface area contributed by atoms with E-state index in [9.17, 15) is 0 Å². The molecule has 1 unspecified atom stereocenters. The smallest absolute Gasteiger partial charge is 0.191 e. The molecule has 2 aromatic rings. The molecule has 0 bridgehead atoms. The molecule has 3 heterocycles. The summed E-state index contributed by atoms with van der Waals surface area (Å²) in [5.74, 6) is 1.85. The lowest BCUT2D eigenvalue weighted by molar-refractivity contribution is 0.146. The van der Waals surface area contributed by atoms with E-state index >= 15 is 0 Å². The first-order chi connectivity index (χ1) is 12.8. The lowest BCUT2D eigenvalue weighted by atomic mass is 10.1. The number of nitrogens with one attached hydrogen (secondary N) is 2. The molecule has 0 saturated carbocycles. The second-order valence-corrected chi connectivity index (χ2v) is 7.68. The number of guanidine groups is 1. The fourth-order valence-corrected chi connectivity index (χ4v) is 4.01. The van der Waals surface area contributed by atoms with Crippen molar-refractivity contribution < 1.29 is 4.42 Å². The molecule has 0 aromatic carbocycles. The minimum atomic E-state index is 0.241. The van der Waals surface area contributed by atoms with E-state index in [0.29, 0.717) is 0 Å². The van der Waals surface area contributed by atoms with Crippen molar-refractivity contribution in [3.8, 4) is 0 Å². The zero-order valence-corrected chi connectivity index (χ0v) is 16.5. The molecule has 1 atom stereocenters. The fraction of sp³-hybridized carbons (Fsp3) is 0.579. The Labute approximate surface area is 159 Å². The number of furan rings is 1. The van der Waals surface area contributed by atoms with Crippen LogP contribution < -0.4 is 10.6 Å². The maximum Gasteiger partial charge on any atom is 0.191 e. The van der Waals surface area contributed by atoms with Crippen molar-refractivity contribution in [3.63, 3.8) is 0 Å². The van der Waals surface area contributed by atoms with Gasteiger partial charge in [-0.3, -0.25) is 9.89 Å². The van der Waals surface area contributed by atoms with Gasteiger partial charge < -0.3 is 15.1 Å². The minimum Gasteiger partial charge on any atom is -0.468 e. The van der Waals surface area contributed by atoms with Crippen LogP contribution in [0.4, 0.5) is 0 Å². The third-order valence-electron chi connectivity index (χ3n) is 4.73. The van der Waals surface area contributed by atoms with Gasteiger partial charge in [-0.25, -0.2) is 4.98 Å². The van der Waals surface area contributed by atoms with E-state index in [-0.39, 0.29) is 6.04 Å². The Morgan fingerprint density at radius 1 is 1.35 bits per heavy atom. The van der Waals surface area contributed by atoms with E-state index in [1.54, 1.807) is 17.6 Å². The summed E-state index contributed by atoms with van der Waals surface area (Å²) in [6, 6.07) is 4.28. The summed E-state index contributed by atoms with van der Waals surface area (Å²) in [7, 11) is 1.81. The van der Waals surface area contributed by atoms with E-state index in [1.807, 2.05) is 20.0 Å². The van der Waals surface area contributed by atoms with Crippen LogP contribution in [0, 0.1) is 6.92 Å². The number of aliphatic imine (C=N–C) groups is 1. The molecule has 2 N–H and O–H groups in total. The van der Waals surface area contributed by atoms with Crippen molar-refractivity contribution in [1.82, 2.24) is 20.5 Å². The molecular weight excluding hydrogens is 346 g/mol. The molecule has 3 rings (SSSR count). The minimum absolute atomic E-state index is 0.241. The summed E-state index contributed by atoms with van der Waals surface area (Å²) < 4.78 is 5.71. The summed E-state index contributed by atoms with van der Waals surface area (Å²) in [5.41, 5.74) is 1.14. The zero-order chi connectivity index (χ0) is 18.2. The van der Waals surface area contributed by atoms with Crippen LogP contribution in [0.2, 0.25) is 0 Å². The molecule has 1 saturated heterocycles. The Kier molecular flexibility index (Phi) is 7.08. The number of thiazole rings is 1. The van der Waals surface area contributed by atoms with E-state index < -0.39 is 0 Å². The first kappa shape index (κ1) is 18.9. The third kappa shape index (κ3) is 5.32. The molecule has 6 nitrogen and oxygen atoms in total. The highest BCUT2D eigenvalue weighted by atomic mass is 32.1. The van der Waals surface area contributed by atoms with Gasteiger partial charge in [0, 0.05) is 31.9 Å². The van der Waals surface area contributed by atoms with Gasteiger partial charge in [-0.15, -0.1) is 11.3 Å². The number of piperidine rings is 1. The molecule has 0 amide bonds. The molecule has 0 spiro atoms. The molecule has 142 valence electrons. The SMILES string of the molecule is CN=C(NCCc1csc(C)n1)NCC(c1ccco1)N1CCCCC1.